The van der Waals surface area contributed by atoms with Crippen molar-refractivity contribution in [2.24, 2.45) is 11.3 Å². The van der Waals surface area contributed by atoms with Crippen molar-refractivity contribution in [3.05, 3.63) is 34.6 Å². The molecule has 0 aliphatic heterocycles. The van der Waals surface area contributed by atoms with Gasteiger partial charge >= 0.3 is 0 Å². The van der Waals surface area contributed by atoms with Crippen LogP contribution in [0.2, 0.25) is 5.02 Å². The van der Waals surface area contributed by atoms with Gasteiger partial charge in [-0.25, -0.2) is 4.39 Å². The molecule has 0 amide bonds. The number of aliphatic hydroxyl groups is 1. The van der Waals surface area contributed by atoms with Gasteiger partial charge in [-0.1, -0.05) is 31.0 Å². The summed E-state index contributed by atoms with van der Waals surface area (Å²) in [7, 11) is 0. The van der Waals surface area contributed by atoms with Gasteiger partial charge in [-0.2, -0.15) is 5.26 Å². The molecule has 1 N–H and O–H groups in total. The lowest BCUT2D eigenvalue weighted by molar-refractivity contribution is 0.0638. The Balaban J connectivity index is 2.29. The Morgan fingerprint density at radius 1 is 1.63 bits per heavy atom. The number of rotatable bonds is 3. The molecule has 0 bridgehead atoms. The van der Waals surface area contributed by atoms with Gasteiger partial charge in [0.1, 0.15) is 5.82 Å². The molecule has 1 aliphatic rings. The van der Waals surface area contributed by atoms with E-state index in [0.717, 1.165) is 12.8 Å². The summed E-state index contributed by atoms with van der Waals surface area (Å²) in [6.07, 6.45) is 2.32. The molecule has 3 atom stereocenters. The topological polar surface area (TPSA) is 44.0 Å². The van der Waals surface area contributed by atoms with Gasteiger partial charge in [0, 0.05) is 0 Å². The van der Waals surface area contributed by atoms with Crippen LogP contribution < -0.4 is 0 Å². The van der Waals surface area contributed by atoms with Crippen molar-refractivity contribution in [2.75, 3.05) is 0 Å². The molecule has 2 rings (SSSR count). The summed E-state index contributed by atoms with van der Waals surface area (Å²) in [5, 5.41) is 20.0. The highest BCUT2D eigenvalue weighted by Gasteiger charge is 2.45. The van der Waals surface area contributed by atoms with E-state index in [1.165, 1.54) is 12.1 Å². The molecule has 102 valence electrons. The Hall–Kier alpha value is -1.11. The zero-order valence-corrected chi connectivity index (χ0v) is 11.6. The van der Waals surface area contributed by atoms with Gasteiger partial charge < -0.3 is 5.11 Å². The largest absolute Gasteiger partial charge is 0.387 e. The molecule has 4 heteroatoms. The summed E-state index contributed by atoms with van der Waals surface area (Å²) in [4.78, 5) is 0. The summed E-state index contributed by atoms with van der Waals surface area (Å²) in [6.45, 7) is 2.09. The predicted molar refractivity (Wildman–Crippen MR) is 72.0 cm³/mol. The van der Waals surface area contributed by atoms with Crippen LogP contribution in [0.4, 0.5) is 4.39 Å². The van der Waals surface area contributed by atoms with Crippen LogP contribution in [-0.4, -0.2) is 5.11 Å². The average molecular weight is 282 g/mol. The monoisotopic (exact) mass is 281 g/mol. The molecule has 1 aromatic rings. The first-order valence-corrected chi connectivity index (χ1v) is 6.94. The minimum atomic E-state index is -0.958. The lowest BCUT2D eigenvalue weighted by Gasteiger charge is -2.28. The van der Waals surface area contributed by atoms with Crippen LogP contribution in [0.15, 0.2) is 18.2 Å². The summed E-state index contributed by atoms with van der Waals surface area (Å²) in [5.41, 5.74) is -0.360. The number of nitriles is 1. The van der Waals surface area contributed by atoms with Crippen LogP contribution in [0, 0.1) is 28.5 Å². The molecule has 0 radical (unpaired) electrons. The number of hydrogen-bond acceptors (Lipinski definition) is 2. The van der Waals surface area contributed by atoms with Crippen LogP contribution in [0.5, 0.6) is 0 Å². The van der Waals surface area contributed by atoms with Gasteiger partial charge in [0.2, 0.25) is 0 Å². The van der Waals surface area contributed by atoms with Gasteiger partial charge in [0.25, 0.3) is 0 Å². The molecule has 0 aromatic heterocycles. The minimum Gasteiger partial charge on any atom is -0.387 e. The molecule has 1 aromatic carbocycles. The van der Waals surface area contributed by atoms with Crippen molar-refractivity contribution in [2.45, 2.75) is 38.7 Å². The molecule has 1 aliphatic carbocycles. The van der Waals surface area contributed by atoms with E-state index in [-0.39, 0.29) is 5.02 Å². The van der Waals surface area contributed by atoms with Crippen molar-refractivity contribution in [3.63, 3.8) is 0 Å². The third kappa shape index (κ3) is 2.61. The maximum absolute atomic E-state index is 13.5. The Labute approximate surface area is 117 Å². The van der Waals surface area contributed by atoms with Crippen molar-refractivity contribution < 1.29 is 9.50 Å². The Morgan fingerprint density at radius 3 is 2.89 bits per heavy atom. The zero-order valence-electron chi connectivity index (χ0n) is 10.9. The SMILES string of the molecule is CCC1CCC(C#N)(C(O)c2ccc(Cl)c(F)c2)C1. The van der Waals surface area contributed by atoms with Crippen molar-refractivity contribution >= 4 is 11.6 Å². The second-order valence-electron chi connectivity index (χ2n) is 5.36. The highest BCUT2D eigenvalue weighted by atomic mass is 35.5. The fraction of sp³-hybridized carbons (Fsp3) is 0.533. The van der Waals surface area contributed by atoms with E-state index in [4.69, 9.17) is 11.6 Å². The van der Waals surface area contributed by atoms with Crippen LogP contribution in [-0.2, 0) is 0 Å². The van der Waals surface area contributed by atoms with E-state index in [2.05, 4.69) is 13.0 Å². The summed E-state index contributed by atoms with van der Waals surface area (Å²) < 4.78 is 13.5. The standard InChI is InChI=1S/C15H17ClFNO/c1-2-10-5-6-15(8-10,9-18)14(19)11-3-4-12(16)13(17)7-11/h3-4,7,10,14,19H,2,5-6,8H2,1H3. The normalized spacial score (nSPS) is 28.1. The zero-order chi connectivity index (χ0) is 14.0. The number of hydrogen-bond donors (Lipinski definition) is 1. The maximum atomic E-state index is 13.5. The number of aliphatic hydroxyl groups excluding tert-OH is 1. The van der Waals surface area contributed by atoms with Gasteiger partial charge in [0.15, 0.2) is 0 Å². The van der Waals surface area contributed by atoms with Gasteiger partial charge in [-0.15, -0.1) is 0 Å². The van der Waals surface area contributed by atoms with Gasteiger partial charge in [-0.3, -0.25) is 0 Å². The van der Waals surface area contributed by atoms with E-state index < -0.39 is 17.3 Å². The number of benzene rings is 1. The highest BCUT2D eigenvalue weighted by Crippen LogP contribution is 2.50. The fourth-order valence-corrected chi connectivity index (χ4v) is 3.06. The molecule has 1 fully saturated rings. The molecule has 19 heavy (non-hydrogen) atoms. The maximum Gasteiger partial charge on any atom is 0.142 e. The quantitative estimate of drug-likeness (QED) is 0.901. The second kappa shape index (κ2) is 5.48. The average Bonchev–Trinajstić information content (AvgIpc) is 2.86. The first kappa shape index (κ1) is 14.3. The Morgan fingerprint density at radius 2 is 2.37 bits per heavy atom. The van der Waals surface area contributed by atoms with E-state index in [1.807, 2.05) is 0 Å². The van der Waals surface area contributed by atoms with Gasteiger partial charge in [-0.05, 0) is 42.9 Å². The fourth-order valence-electron chi connectivity index (χ4n) is 2.94. The van der Waals surface area contributed by atoms with Crippen LogP contribution in [0.1, 0.15) is 44.3 Å². The first-order chi connectivity index (χ1) is 9.02. The molecular formula is C15H17ClFNO. The molecule has 0 spiro atoms. The smallest absolute Gasteiger partial charge is 0.142 e. The molecule has 2 nitrogen and oxygen atoms in total. The number of nitrogens with zero attached hydrogens (tertiary/aromatic N) is 1. The van der Waals surface area contributed by atoms with Crippen molar-refractivity contribution in [1.29, 1.82) is 5.26 Å². The van der Waals surface area contributed by atoms with Gasteiger partial charge in [0.05, 0.1) is 22.6 Å². The van der Waals surface area contributed by atoms with Crippen LogP contribution >= 0.6 is 11.6 Å². The molecule has 0 heterocycles. The molecule has 1 saturated carbocycles. The van der Waals surface area contributed by atoms with Crippen molar-refractivity contribution in [1.82, 2.24) is 0 Å². The second-order valence-corrected chi connectivity index (χ2v) is 5.77. The predicted octanol–water partition coefficient (Wildman–Crippen LogP) is 4.23. The summed E-state index contributed by atoms with van der Waals surface area (Å²) in [6, 6.07) is 6.51. The Kier molecular flexibility index (Phi) is 4.13. The lowest BCUT2D eigenvalue weighted by atomic mass is 9.78. The molecule has 3 unspecified atom stereocenters. The Bertz CT molecular complexity index is 513. The summed E-state index contributed by atoms with van der Waals surface area (Å²) in [5.74, 6) is -0.0946. The third-order valence-electron chi connectivity index (χ3n) is 4.23. The number of halogens is 2. The first-order valence-electron chi connectivity index (χ1n) is 6.56. The summed E-state index contributed by atoms with van der Waals surface area (Å²) >= 11 is 5.64. The van der Waals surface area contributed by atoms with E-state index >= 15 is 0 Å². The molecule has 0 saturated heterocycles. The van der Waals surface area contributed by atoms with Crippen LogP contribution in [0.25, 0.3) is 0 Å². The minimum absolute atomic E-state index is 0.0276. The third-order valence-corrected chi connectivity index (χ3v) is 4.54. The lowest BCUT2D eigenvalue weighted by Crippen LogP contribution is -2.24. The highest BCUT2D eigenvalue weighted by molar-refractivity contribution is 6.30. The van der Waals surface area contributed by atoms with E-state index in [9.17, 15) is 14.8 Å². The molecular weight excluding hydrogens is 265 g/mol. The van der Waals surface area contributed by atoms with Crippen molar-refractivity contribution in [3.8, 4) is 6.07 Å². The van der Waals surface area contributed by atoms with E-state index in [1.54, 1.807) is 6.07 Å². The van der Waals surface area contributed by atoms with Crippen LogP contribution in [0.3, 0.4) is 0 Å². The van der Waals surface area contributed by atoms with E-state index in [0.29, 0.717) is 24.3 Å².